The van der Waals surface area contributed by atoms with E-state index in [4.69, 9.17) is 16.3 Å². The van der Waals surface area contributed by atoms with Crippen molar-refractivity contribution in [3.63, 3.8) is 0 Å². The van der Waals surface area contributed by atoms with Gasteiger partial charge in [-0.3, -0.25) is 0 Å². The molecule has 0 aliphatic heterocycles. The van der Waals surface area contributed by atoms with E-state index < -0.39 is 5.97 Å². The number of methoxy groups -OCH3 is 1. The quantitative estimate of drug-likeness (QED) is 0.677. The number of hydrogen-bond donors (Lipinski definition) is 1. The fourth-order valence-corrected chi connectivity index (χ4v) is 2.25. The lowest BCUT2D eigenvalue weighted by atomic mass is 10.0. The maximum Gasteiger partial charge on any atom is 0.336 e. The molecule has 0 bridgehead atoms. The molecule has 108 valence electrons. The molecule has 0 aliphatic carbocycles. The van der Waals surface area contributed by atoms with E-state index >= 15 is 0 Å². The Morgan fingerprint density at radius 1 is 1.24 bits per heavy atom. The van der Waals surface area contributed by atoms with Crippen LogP contribution >= 0.6 is 11.6 Å². The molecule has 0 radical (unpaired) electrons. The van der Waals surface area contributed by atoms with Gasteiger partial charge in [0.1, 0.15) is 5.75 Å². The van der Waals surface area contributed by atoms with Gasteiger partial charge in [0.15, 0.2) is 0 Å². The number of rotatable bonds is 4. The summed E-state index contributed by atoms with van der Waals surface area (Å²) in [5.74, 6) is -0.277. The second-order valence-electron chi connectivity index (χ2n) is 4.57. The Kier molecular flexibility index (Phi) is 4.66. The lowest BCUT2D eigenvalue weighted by Crippen LogP contribution is -2.00. The summed E-state index contributed by atoms with van der Waals surface area (Å²) in [4.78, 5) is 11.5. The first-order valence-corrected chi connectivity index (χ1v) is 6.75. The Labute approximate surface area is 128 Å². The summed E-state index contributed by atoms with van der Waals surface area (Å²) in [6, 6.07) is 12.4. The first-order valence-electron chi connectivity index (χ1n) is 6.37. The topological polar surface area (TPSA) is 46.5 Å². The second kappa shape index (κ2) is 6.46. The van der Waals surface area contributed by atoms with Crippen molar-refractivity contribution in [2.45, 2.75) is 6.92 Å². The van der Waals surface area contributed by atoms with Gasteiger partial charge in [-0.05, 0) is 47.9 Å². The molecular formula is C17H15ClO3. The lowest BCUT2D eigenvalue weighted by molar-refractivity contribution is -0.130. The summed E-state index contributed by atoms with van der Waals surface area (Å²) in [5.41, 5.74) is 2.35. The highest BCUT2D eigenvalue weighted by molar-refractivity contribution is 6.33. The molecule has 2 aromatic carbocycles. The minimum Gasteiger partial charge on any atom is -0.496 e. The number of hydrogen-bond acceptors (Lipinski definition) is 2. The van der Waals surface area contributed by atoms with Crippen molar-refractivity contribution in [3.8, 4) is 5.75 Å². The largest absolute Gasteiger partial charge is 0.496 e. The van der Waals surface area contributed by atoms with Crippen molar-refractivity contribution in [2.75, 3.05) is 7.11 Å². The Balaban J connectivity index is 2.52. The van der Waals surface area contributed by atoms with E-state index in [9.17, 15) is 9.90 Å². The summed E-state index contributed by atoms with van der Waals surface area (Å²) < 4.78 is 5.19. The minimum absolute atomic E-state index is 0.189. The van der Waals surface area contributed by atoms with Crippen LogP contribution in [0.15, 0.2) is 42.5 Å². The number of aliphatic carboxylic acids is 1. The molecule has 21 heavy (non-hydrogen) atoms. The Morgan fingerprint density at radius 3 is 2.52 bits per heavy atom. The van der Waals surface area contributed by atoms with Crippen LogP contribution in [0.4, 0.5) is 0 Å². The zero-order valence-electron chi connectivity index (χ0n) is 11.8. The number of carbonyl (C=O) groups is 1. The predicted molar refractivity (Wildman–Crippen MR) is 84.7 cm³/mol. The maximum atomic E-state index is 11.5. The molecule has 4 heteroatoms. The molecule has 2 aromatic rings. The first kappa shape index (κ1) is 15.1. The molecule has 0 aliphatic rings. The molecule has 1 N–H and O–H groups in total. The molecule has 0 spiro atoms. The molecule has 0 amide bonds. The average molecular weight is 303 g/mol. The van der Waals surface area contributed by atoms with Gasteiger partial charge < -0.3 is 9.84 Å². The lowest BCUT2D eigenvalue weighted by Gasteiger charge is -2.09. The van der Waals surface area contributed by atoms with Crippen molar-refractivity contribution in [2.24, 2.45) is 0 Å². The fourth-order valence-electron chi connectivity index (χ4n) is 2.06. The monoisotopic (exact) mass is 302 g/mol. The van der Waals surface area contributed by atoms with E-state index in [1.165, 1.54) is 0 Å². The van der Waals surface area contributed by atoms with Crippen LogP contribution in [0.25, 0.3) is 11.6 Å². The van der Waals surface area contributed by atoms with Crippen molar-refractivity contribution in [1.82, 2.24) is 0 Å². The minimum atomic E-state index is -1.00. The van der Waals surface area contributed by atoms with Gasteiger partial charge in [-0.1, -0.05) is 35.9 Å². The summed E-state index contributed by atoms with van der Waals surface area (Å²) in [7, 11) is 1.58. The van der Waals surface area contributed by atoms with Crippen molar-refractivity contribution < 1.29 is 14.6 Å². The average Bonchev–Trinajstić information content (AvgIpc) is 2.46. The van der Waals surface area contributed by atoms with Gasteiger partial charge in [0.05, 0.1) is 12.7 Å². The van der Waals surface area contributed by atoms with Crippen molar-refractivity contribution in [1.29, 1.82) is 0 Å². The second-order valence-corrected chi connectivity index (χ2v) is 4.98. The SMILES string of the molecule is COc1ccc(/C(=C/c2ccccc2Cl)C(=O)O)cc1C. The molecule has 2 rings (SSSR count). The Morgan fingerprint density at radius 2 is 1.95 bits per heavy atom. The normalized spacial score (nSPS) is 11.3. The van der Waals surface area contributed by atoms with Crippen LogP contribution in [0.2, 0.25) is 5.02 Å². The number of carboxylic acids is 1. The number of benzene rings is 2. The van der Waals surface area contributed by atoms with Gasteiger partial charge in [0.2, 0.25) is 0 Å². The molecule has 0 atom stereocenters. The first-order chi connectivity index (χ1) is 10.0. The van der Waals surface area contributed by atoms with Gasteiger partial charge in [0, 0.05) is 5.02 Å². The molecular weight excluding hydrogens is 288 g/mol. The molecule has 3 nitrogen and oxygen atoms in total. The number of carboxylic acid groups (broad SMARTS) is 1. The van der Waals surface area contributed by atoms with Crippen LogP contribution in [0.3, 0.4) is 0 Å². The maximum absolute atomic E-state index is 11.5. The van der Waals surface area contributed by atoms with Crippen LogP contribution in [0, 0.1) is 6.92 Å². The van der Waals surface area contributed by atoms with Crippen molar-refractivity contribution in [3.05, 3.63) is 64.2 Å². The van der Waals surface area contributed by atoms with Crippen LogP contribution in [-0.2, 0) is 4.79 Å². The van der Waals surface area contributed by atoms with E-state index in [1.807, 2.05) is 13.0 Å². The number of ether oxygens (including phenoxy) is 1. The molecule has 0 fully saturated rings. The van der Waals surface area contributed by atoms with Crippen LogP contribution < -0.4 is 4.74 Å². The van der Waals surface area contributed by atoms with E-state index in [0.717, 1.165) is 11.3 Å². The van der Waals surface area contributed by atoms with E-state index in [1.54, 1.807) is 49.6 Å². The zero-order valence-corrected chi connectivity index (χ0v) is 12.5. The molecule has 0 saturated heterocycles. The summed E-state index contributed by atoms with van der Waals surface area (Å²) in [6.07, 6.45) is 1.58. The third kappa shape index (κ3) is 3.44. The van der Waals surface area contributed by atoms with E-state index in [2.05, 4.69) is 0 Å². The van der Waals surface area contributed by atoms with Gasteiger partial charge in [-0.2, -0.15) is 0 Å². The third-order valence-corrected chi connectivity index (χ3v) is 3.49. The van der Waals surface area contributed by atoms with E-state index in [0.29, 0.717) is 16.1 Å². The fraction of sp³-hybridized carbons (Fsp3) is 0.118. The van der Waals surface area contributed by atoms with Crippen molar-refractivity contribution >= 4 is 29.2 Å². The van der Waals surface area contributed by atoms with Crippen LogP contribution in [0.5, 0.6) is 5.75 Å². The highest BCUT2D eigenvalue weighted by Crippen LogP contribution is 2.27. The highest BCUT2D eigenvalue weighted by Gasteiger charge is 2.13. The van der Waals surface area contributed by atoms with Gasteiger partial charge in [-0.15, -0.1) is 0 Å². The summed E-state index contributed by atoms with van der Waals surface area (Å²) in [5, 5.41) is 9.97. The molecule has 0 unspecified atom stereocenters. The highest BCUT2D eigenvalue weighted by atomic mass is 35.5. The number of aryl methyl sites for hydroxylation is 1. The summed E-state index contributed by atoms with van der Waals surface area (Å²) >= 11 is 6.08. The van der Waals surface area contributed by atoms with Gasteiger partial charge >= 0.3 is 5.97 Å². The zero-order chi connectivity index (χ0) is 15.4. The van der Waals surface area contributed by atoms with Crippen LogP contribution in [-0.4, -0.2) is 18.2 Å². The van der Waals surface area contributed by atoms with Crippen LogP contribution in [0.1, 0.15) is 16.7 Å². The molecule has 0 saturated carbocycles. The Hall–Kier alpha value is -2.26. The Bertz CT molecular complexity index is 705. The smallest absolute Gasteiger partial charge is 0.336 e. The summed E-state index contributed by atoms with van der Waals surface area (Å²) in [6.45, 7) is 1.87. The van der Waals surface area contributed by atoms with E-state index in [-0.39, 0.29) is 5.57 Å². The number of halogens is 1. The van der Waals surface area contributed by atoms with Gasteiger partial charge in [0.25, 0.3) is 0 Å². The van der Waals surface area contributed by atoms with Gasteiger partial charge in [-0.25, -0.2) is 4.79 Å². The predicted octanol–water partition coefficient (Wildman–Crippen LogP) is 4.28. The third-order valence-electron chi connectivity index (χ3n) is 3.14. The standard InChI is InChI=1S/C17H15ClO3/c1-11-9-12(7-8-16(11)21-2)14(17(19)20)10-13-5-3-4-6-15(13)18/h3-10H,1-2H3,(H,19,20)/b14-10-. The molecule has 0 heterocycles. The molecule has 0 aromatic heterocycles.